The molecular formula is C22H32O6. The van der Waals surface area contributed by atoms with E-state index in [0.29, 0.717) is 37.7 Å². The average molecular weight is 392 g/mol. The van der Waals surface area contributed by atoms with Gasteiger partial charge in [-0.1, -0.05) is 11.6 Å². The lowest BCUT2D eigenvalue weighted by Gasteiger charge is -2.33. The maximum absolute atomic E-state index is 11.1. The highest BCUT2D eigenvalue weighted by molar-refractivity contribution is 5.88. The fourth-order valence-corrected chi connectivity index (χ4v) is 3.54. The molecule has 1 heterocycles. The van der Waals surface area contributed by atoms with Gasteiger partial charge in [0.05, 0.1) is 29.0 Å². The summed E-state index contributed by atoms with van der Waals surface area (Å²) in [5.74, 6) is -0.960. The lowest BCUT2D eigenvalue weighted by molar-refractivity contribution is -0.153. The molecule has 156 valence electrons. The van der Waals surface area contributed by atoms with Gasteiger partial charge in [-0.2, -0.15) is 0 Å². The van der Waals surface area contributed by atoms with Crippen molar-refractivity contribution in [2.45, 2.75) is 83.2 Å². The minimum Gasteiger partial charge on any atom is -0.508 e. The van der Waals surface area contributed by atoms with Gasteiger partial charge in [0.15, 0.2) is 0 Å². The van der Waals surface area contributed by atoms with E-state index in [1.165, 1.54) is 18.2 Å². The molecule has 0 spiro atoms. The first-order valence-corrected chi connectivity index (χ1v) is 9.71. The summed E-state index contributed by atoms with van der Waals surface area (Å²) in [6, 6.07) is 4.24. The first-order valence-electron chi connectivity index (χ1n) is 9.71. The Morgan fingerprint density at radius 3 is 2.68 bits per heavy atom. The molecule has 3 atom stereocenters. The third-order valence-electron chi connectivity index (χ3n) is 5.62. The van der Waals surface area contributed by atoms with Crippen LogP contribution in [-0.2, 0) is 11.2 Å². The van der Waals surface area contributed by atoms with E-state index in [2.05, 4.69) is 0 Å². The van der Waals surface area contributed by atoms with Crippen LogP contribution >= 0.6 is 0 Å². The molecule has 0 bridgehead atoms. The number of benzene rings is 1. The fraction of sp³-hybridized carbons (Fsp3) is 0.591. The summed E-state index contributed by atoms with van der Waals surface area (Å²) in [6.07, 6.45) is 4.02. The van der Waals surface area contributed by atoms with Crippen LogP contribution in [-0.4, -0.2) is 49.8 Å². The van der Waals surface area contributed by atoms with Crippen molar-refractivity contribution in [3.63, 3.8) is 0 Å². The Kier molecular flexibility index (Phi) is 6.91. The molecule has 6 nitrogen and oxygen atoms in total. The van der Waals surface area contributed by atoms with Crippen LogP contribution in [0, 0.1) is 0 Å². The zero-order valence-corrected chi connectivity index (χ0v) is 17.1. The molecule has 2 rings (SSSR count). The Balaban J connectivity index is 1.92. The number of carboxylic acids is 1. The summed E-state index contributed by atoms with van der Waals surface area (Å²) in [5.41, 5.74) is 0.138. The smallest absolute Gasteiger partial charge is 0.335 e. The second-order valence-electron chi connectivity index (χ2n) is 8.57. The molecular weight excluding hydrogens is 360 g/mol. The van der Waals surface area contributed by atoms with Gasteiger partial charge in [0.2, 0.25) is 0 Å². The summed E-state index contributed by atoms with van der Waals surface area (Å²) in [7, 11) is 0. The van der Waals surface area contributed by atoms with E-state index in [1.54, 1.807) is 13.8 Å². The Morgan fingerprint density at radius 1 is 1.43 bits per heavy atom. The molecule has 1 aromatic rings. The third-order valence-corrected chi connectivity index (χ3v) is 5.62. The van der Waals surface area contributed by atoms with Gasteiger partial charge in [-0.05, 0) is 83.6 Å². The zero-order chi connectivity index (χ0) is 21.1. The average Bonchev–Trinajstić information content (AvgIpc) is 3.02. The van der Waals surface area contributed by atoms with E-state index in [4.69, 9.17) is 9.84 Å². The highest BCUT2D eigenvalue weighted by atomic mass is 16.5. The van der Waals surface area contributed by atoms with E-state index in [9.17, 15) is 20.1 Å². The van der Waals surface area contributed by atoms with E-state index in [-0.39, 0.29) is 17.4 Å². The normalized spacial score (nSPS) is 24.4. The predicted molar refractivity (Wildman–Crippen MR) is 107 cm³/mol. The Labute approximate surface area is 166 Å². The van der Waals surface area contributed by atoms with Gasteiger partial charge in [-0.15, -0.1) is 0 Å². The molecule has 1 fully saturated rings. The first-order chi connectivity index (χ1) is 12.9. The topological polar surface area (TPSA) is 107 Å². The Morgan fingerprint density at radius 2 is 2.11 bits per heavy atom. The molecule has 0 amide bonds. The van der Waals surface area contributed by atoms with Crippen LogP contribution in [0.2, 0.25) is 0 Å². The van der Waals surface area contributed by atoms with Crippen molar-refractivity contribution < 1.29 is 30.0 Å². The monoisotopic (exact) mass is 392 g/mol. The minimum atomic E-state index is -1.03. The number of aliphatic hydroxyl groups is 2. The molecule has 0 aliphatic carbocycles. The maximum atomic E-state index is 11.1. The molecule has 6 heteroatoms. The van der Waals surface area contributed by atoms with Crippen molar-refractivity contribution >= 4 is 5.97 Å². The largest absolute Gasteiger partial charge is 0.508 e. The van der Waals surface area contributed by atoms with Gasteiger partial charge in [0.25, 0.3) is 0 Å². The summed E-state index contributed by atoms with van der Waals surface area (Å²) in [6.45, 7) is 7.27. The number of carboxylic acid groups (broad SMARTS) is 1. The number of phenolic OH excluding ortho intramolecular Hbond substituents is 1. The van der Waals surface area contributed by atoms with Crippen molar-refractivity contribution in [2.24, 2.45) is 0 Å². The number of aromatic hydroxyl groups is 1. The number of aromatic carboxylic acids is 1. The Hall–Kier alpha value is -1.89. The van der Waals surface area contributed by atoms with E-state index < -0.39 is 23.3 Å². The van der Waals surface area contributed by atoms with Crippen LogP contribution in [0.3, 0.4) is 0 Å². The number of carbonyl (C=O) groups is 1. The number of aliphatic hydroxyl groups excluding tert-OH is 1. The van der Waals surface area contributed by atoms with Gasteiger partial charge < -0.3 is 25.2 Å². The molecule has 1 aliphatic heterocycles. The summed E-state index contributed by atoms with van der Waals surface area (Å²) in [4.78, 5) is 11.1. The van der Waals surface area contributed by atoms with Crippen molar-refractivity contribution in [2.75, 3.05) is 0 Å². The van der Waals surface area contributed by atoms with Crippen molar-refractivity contribution in [1.82, 2.24) is 0 Å². The SMILES string of the molecule is C/C(=C\Cc1cc(C(=O)O)ccc1O)CC[C@H](O)[C@]1(C)CC[C@H](C(C)(C)O)O1. The quantitative estimate of drug-likeness (QED) is 0.505. The van der Waals surface area contributed by atoms with E-state index in [1.807, 2.05) is 19.9 Å². The zero-order valence-electron chi connectivity index (χ0n) is 17.1. The van der Waals surface area contributed by atoms with Gasteiger partial charge in [-0.3, -0.25) is 0 Å². The number of hydrogen-bond donors (Lipinski definition) is 4. The summed E-state index contributed by atoms with van der Waals surface area (Å²) >= 11 is 0. The number of rotatable bonds is 8. The van der Waals surface area contributed by atoms with Gasteiger partial charge in [0.1, 0.15) is 5.75 Å². The molecule has 1 aliphatic rings. The molecule has 4 N–H and O–H groups in total. The van der Waals surface area contributed by atoms with Crippen LogP contribution in [0.5, 0.6) is 5.75 Å². The lowest BCUT2D eigenvalue weighted by atomic mass is 9.90. The molecule has 28 heavy (non-hydrogen) atoms. The van der Waals surface area contributed by atoms with E-state index in [0.717, 1.165) is 5.57 Å². The molecule has 0 unspecified atom stereocenters. The second kappa shape index (κ2) is 8.64. The van der Waals surface area contributed by atoms with Crippen molar-refractivity contribution in [3.8, 4) is 5.75 Å². The predicted octanol–water partition coefficient (Wildman–Crippen LogP) is 3.43. The van der Waals surface area contributed by atoms with Crippen LogP contribution in [0.4, 0.5) is 0 Å². The van der Waals surface area contributed by atoms with Crippen LogP contribution in [0.15, 0.2) is 29.8 Å². The highest BCUT2D eigenvalue weighted by Gasteiger charge is 2.46. The van der Waals surface area contributed by atoms with Crippen LogP contribution in [0.1, 0.15) is 69.3 Å². The number of phenols is 1. The Bertz CT molecular complexity index is 733. The van der Waals surface area contributed by atoms with Gasteiger partial charge >= 0.3 is 5.97 Å². The summed E-state index contributed by atoms with van der Waals surface area (Å²) in [5, 5.41) is 39.7. The number of allylic oxidation sites excluding steroid dienone is 2. The minimum absolute atomic E-state index is 0.0682. The second-order valence-corrected chi connectivity index (χ2v) is 8.57. The molecule has 0 aromatic heterocycles. The maximum Gasteiger partial charge on any atom is 0.335 e. The van der Waals surface area contributed by atoms with Gasteiger partial charge in [-0.25, -0.2) is 4.79 Å². The van der Waals surface area contributed by atoms with Gasteiger partial charge in [0, 0.05) is 0 Å². The fourth-order valence-electron chi connectivity index (χ4n) is 3.54. The van der Waals surface area contributed by atoms with Crippen LogP contribution in [0.25, 0.3) is 0 Å². The molecule has 0 saturated carbocycles. The third kappa shape index (κ3) is 5.56. The van der Waals surface area contributed by atoms with Crippen molar-refractivity contribution in [3.05, 3.63) is 41.0 Å². The van der Waals surface area contributed by atoms with Crippen LogP contribution < -0.4 is 0 Å². The highest BCUT2D eigenvalue weighted by Crippen LogP contribution is 2.38. The first kappa shape index (κ1) is 22.4. The van der Waals surface area contributed by atoms with Crippen molar-refractivity contribution in [1.29, 1.82) is 0 Å². The van der Waals surface area contributed by atoms with E-state index >= 15 is 0 Å². The number of hydrogen-bond acceptors (Lipinski definition) is 5. The molecule has 0 radical (unpaired) electrons. The standard InChI is InChI=1S/C22H32O6/c1-14(5-7-15-13-16(20(25)26)8-9-17(15)23)6-10-18(24)22(4)12-11-19(28-22)21(2,3)27/h5,8-9,13,18-19,23-24,27H,6-7,10-12H2,1-4H3,(H,25,26)/b14-5+/t18-,19+,22-/m0/s1. The lowest BCUT2D eigenvalue weighted by Crippen LogP contribution is -2.43. The molecule has 1 aromatic carbocycles. The molecule has 1 saturated heterocycles. The number of ether oxygens (including phenoxy) is 1. The summed E-state index contributed by atoms with van der Waals surface area (Å²) < 4.78 is 5.98.